The zero-order valence-electron chi connectivity index (χ0n) is 15.7. The van der Waals surface area contributed by atoms with Gasteiger partial charge in [0.1, 0.15) is 5.82 Å². The Balaban J connectivity index is 1.76. The van der Waals surface area contributed by atoms with Gasteiger partial charge in [0, 0.05) is 31.9 Å². The van der Waals surface area contributed by atoms with Gasteiger partial charge >= 0.3 is 0 Å². The molecule has 2 aromatic rings. The minimum absolute atomic E-state index is 0.00151. The molecular formula is C20H27N5O. The van der Waals surface area contributed by atoms with Gasteiger partial charge in [0.05, 0.1) is 6.54 Å². The Labute approximate surface area is 154 Å². The van der Waals surface area contributed by atoms with E-state index in [9.17, 15) is 4.79 Å². The van der Waals surface area contributed by atoms with E-state index >= 15 is 0 Å². The molecule has 1 aromatic heterocycles. The number of anilines is 1. The van der Waals surface area contributed by atoms with E-state index < -0.39 is 0 Å². The molecule has 138 valence electrons. The van der Waals surface area contributed by atoms with Crippen LogP contribution >= 0.6 is 0 Å². The lowest BCUT2D eigenvalue weighted by Crippen LogP contribution is -2.31. The van der Waals surface area contributed by atoms with Crippen LogP contribution in [0.3, 0.4) is 0 Å². The maximum atomic E-state index is 12.2. The summed E-state index contributed by atoms with van der Waals surface area (Å²) in [5.41, 5.74) is 5.35. The molecule has 1 aliphatic rings. The van der Waals surface area contributed by atoms with Crippen LogP contribution in [0.2, 0.25) is 0 Å². The van der Waals surface area contributed by atoms with Crippen molar-refractivity contribution in [3.8, 4) is 0 Å². The molecule has 0 aliphatic carbocycles. The first-order valence-corrected chi connectivity index (χ1v) is 9.06. The van der Waals surface area contributed by atoms with Crippen LogP contribution in [0.15, 0.2) is 36.7 Å². The lowest BCUT2D eigenvalue weighted by atomic mass is 10.0. The number of fused-ring (bicyclic) bond motifs is 1. The number of hydrazine groups is 1. The number of pyridine rings is 1. The van der Waals surface area contributed by atoms with Gasteiger partial charge in [0.15, 0.2) is 0 Å². The molecule has 1 saturated heterocycles. The summed E-state index contributed by atoms with van der Waals surface area (Å²) in [7, 11) is 3.84. The number of allylic oxidation sites excluding steroid dienone is 1. The molecule has 1 amide bonds. The molecule has 1 aromatic carbocycles. The van der Waals surface area contributed by atoms with Crippen molar-refractivity contribution < 1.29 is 4.79 Å². The SMILES string of the molecule is CNN(C)/C=C(\C)c1ccc2cnc(NC(=O)CN3CCCC3)cc2c1. The predicted octanol–water partition coefficient (Wildman–Crippen LogP) is 2.70. The van der Waals surface area contributed by atoms with Crippen LogP contribution in [0.25, 0.3) is 16.3 Å². The van der Waals surface area contributed by atoms with E-state index in [0.717, 1.165) is 35.0 Å². The fourth-order valence-electron chi connectivity index (χ4n) is 3.21. The third kappa shape index (κ3) is 4.59. The number of carbonyl (C=O) groups excluding carboxylic acids is 1. The number of nitrogens with zero attached hydrogens (tertiary/aromatic N) is 3. The number of likely N-dealkylation sites (tertiary alicyclic amines) is 1. The molecule has 0 spiro atoms. The van der Waals surface area contributed by atoms with E-state index in [4.69, 9.17) is 0 Å². The summed E-state index contributed by atoms with van der Waals surface area (Å²) in [5.74, 6) is 0.606. The number of hydrogen-bond acceptors (Lipinski definition) is 5. The lowest BCUT2D eigenvalue weighted by Gasteiger charge is -2.14. The molecule has 26 heavy (non-hydrogen) atoms. The van der Waals surface area contributed by atoms with E-state index in [1.165, 1.54) is 12.8 Å². The normalized spacial score (nSPS) is 15.4. The van der Waals surface area contributed by atoms with E-state index in [0.29, 0.717) is 12.4 Å². The van der Waals surface area contributed by atoms with Crippen molar-refractivity contribution in [2.75, 3.05) is 39.0 Å². The highest BCUT2D eigenvalue weighted by atomic mass is 16.2. The number of nitrogens with one attached hydrogen (secondary N) is 2. The number of carbonyl (C=O) groups is 1. The van der Waals surface area contributed by atoms with Crippen LogP contribution in [0.1, 0.15) is 25.3 Å². The van der Waals surface area contributed by atoms with Gasteiger partial charge in [-0.3, -0.25) is 9.69 Å². The molecule has 0 atom stereocenters. The van der Waals surface area contributed by atoms with Crippen LogP contribution in [-0.2, 0) is 4.79 Å². The Morgan fingerprint density at radius 1 is 1.27 bits per heavy atom. The number of hydrogen-bond donors (Lipinski definition) is 2. The first kappa shape index (κ1) is 18.4. The molecule has 2 N–H and O–H groups in total. The summed E-state index contributed by atoms with van der Waals surface area (Å²) in [4.78, 5) is 18.8. The van der Waals surface area contributed by atoms with Gasteiger partial charge in [-0.15, -0.1) is 0 Å². The van der Waals surface area contributed by atoms with Crippen LogP contribution in [0, 0.1) is 0 Å². The monoisotopic (exact) mass is 353 g/mol. The second kappa shape index (κ2) is 8.29. The van der Waals surface area contributed by atoms with Gasteiger partial charge in [-0.2, -0.15) is 0 Å². The zero-order chi connectivity index (χ0) is 18.5. The lowest BCUT2D eigenvalue weighted by molar-refractivity contribution is -0.117. The predicted molar refractivity (Wildman–Crippen MR) is 107 cm³/mol. The molecule has 0 bridgehead atoms. The van der Waals surface area contributed by atoms with Crippen molar-refractivity contribution in [2.24, 2.45) is 0 Å². The standard InChI is InChI=1S/C20H27N5O/c1-15(13-24(3)21-2)16-6-7-17-12-22-19(11-18(17)10-16)23-20(26)14-25-8-4-5-9-25/h6-7,10-13,21H,4-5,8-9,14H2,1-3H3,(H,22,23,26)/b15-13+. The highest BCUT2D eigenvalue weighted by molar-refractivity contribution is 5.94. The van der Waals surface area contributed by atoms with E-state index in [-0.39, 0.29) is 5.91 Å². The smallest absolute Gasteiger partial charge is 0.239 e. The minimum Gasteiger partial charge on any atom is -0.319 e. The van der Waals surface area contributed by atoms with Crippen molar-refractivity contribution in [1.82, 2.24) is 20.3 Å². The molecule has 2 heterocycles. The Hall–Kier alpha value is -2.44. The van der Waals surface area contributed by atoms with Crippen molar-refractivity contribution >= 4 is 28.1 Å². The quantitative estimate of drug-likeness (QED) is 0.782. The third-order valence-corrected chi connectivity index (χ3v) is 4.75. The summed E-state index contributed by atoms with van der Waals surface area (Å²) in [5, 5.41) is 6.96. The summed E-state index contributed by atoms with van der Waals surface area (Å²) >= 11 is 0. The second-order valence-electron chi connectivity index (χ2n) is 6.81. The number of benzene rings is 1. The number of amides is 1. The molecule has 3 rings (SSSR count). The van der Waals surface area contributed by atoms with Crippen molar-refractivity contribution in [3.05, 3.63) is 42.2 Å². The van der Waals surface area contributed by atoms with Crippen LogP contribution in [0.5, 0.6) is 0 Å². The minimum atomic E-state index is 0.00151. The van der Waals surface area contributed by atoms with Gasteiger partial charge in [0.25, 0.3) is 0 Å². The summed E-state index contributed by atoms with van der Waals surface area (Å²) in [6.07, 6.45) is 6.21. The molecule has 6 heteroatoms. The fraction of sp³-hybridized carbons (Fsp3) is 0.400. The van der Waals surface area contributed by atoms with Crippen LogP contribution in [0.4, 0.5) is 5.82 Å². The summed E-state index contributed by atoms with van der Waals surface area (Å²) in [6, 6.07) is 8.22. The van der Waals surface area contributed by atoms with Gasteiger partial charge in [-0.1, -0.05) is 12.1 Å². The van der Waals surface area contributed by atoms with Gasteiger partial charge in [-0.25, -0.2) is 10.4 Å². The molecule has 0 saturated carbocycles. The second-order valence-corrected chi connectivity index (χ2v) is 6.81. The third-order valence-electron chi connectivity index (χ3n) is 4.75. The average molecular weight is 353 g/mol. The van der Waals surface area contributed by atoms with Gasteiger partial charge < -0.3 is 10.3 Å². The molecule has 0 unspecified atom stereocenters. The Bertz CT molecular complexity index is 811. The highest BCUT2D eigenvalue weighted by Crippen LogP contribution is 2.22. The highest BCUT2D eigenvalue weighted by Gasteiger charge is 2.15. The van der Waals surface area contributed by atoms with Gasteiger partial charge in [0.2, 0.25) is 5.91 Å². The summed E-state index contributed by atoms with van der Waals surface area (Å²) < 4.78 is 0. The average Bonchev–Trinajstić information content (AvgIpc) is 3.13. The Morgan fingerprint density at radius 2 is 2.04 bits per heavy atom. The van der Waals surface area contributed by atoms with E-state index in [1.807, 2.05) is 37.6 Å². The fourth-order valence-corrected chi connectivity index (χ4v) is 3.21. The van der Waals surface area contributed by atoms with Gasteiger partial charge in [-0.05, 0) is 61.5 Å². The topological polar surface area (TPSA) is 60.5 Å². The van der Waals surface area contributed by atoms with Crippen molar-refractivity contribution in [3.63, 3.8) is 0 Å². The largest absolute Gasteiger partial charge is 0.319 e. The van der Waals surface area contributed by atoms with Crippen molar-refractivity contribution in [1.29, 1.82) is 0 Å². The van der Waals surface area contributed by atoms with Crippen molar-refractivity contribution in [2.45, 2.75) is 19.8 Å². The maximum Gasteiger partial charge on any atom is 0.239 e. The number of aromatic nitrogens is 1. The van der Waals surface area contributed by atoms with Crippen LogP contribution < -0.4 is 10.7 Å². The first-order chi connectivity index (χ1) is 12.5. The Morgan fingerprint density at radius 3 is 2.77 bits per heavy atom. The van der Waals surface area contributed by atoms with Crippen LogP contribution in [-0.4, -0.2) is 54.5 Å². The zero-order valence-corrected chi connectivity index (χ0v) is 15.7. The molecule has 1 fully saturated rings. The molecular weight excluding hydrogens is 326 g/mol. The van der Waals surface area contributed by atoms with E-state index in [1.54, 1.807) is 0 Å². The first-order valence-electron chi connectivity index (χ1n) is 9.06. The molecule has 1 aliphatic heterocycles. The maximum absolute atomic E-state index is 12.2. The number of rotatable bonds is 6. The Kier molecular flexibility index (Phi) is 5.85. The molecule has 6 nitrogen and oxygen atoms in total. The molecule has 0 radical (unpaired) electrons. The summed E-state index contributed by atoms with van der Waals surface area (Å²) in [6.45, 7) is 4.54. The van der Waals surface area contributed by atoms with E-state index in [2.05, 4.69) is 45.7 Å².